The Morgan fingerprint density at radius 1 is 1.13 bits per heavy atom. The lowest BCUT2D eigenvalue weighted by molar-refractivity contribution is 1.06. The van der Waals surface area contributed by atoms with Gasteiger partial charge in [0.25, 0.3) is 0 Å². The van der Waals surface area contributed by atoms with Crippen LogP contribution in [0.1, 0.15) is 11.5 Å². The summed E-state index contributed by atoms with van der Waals surface area (Å²) in [6.45, 7) is 3.77. The number of pyridine rings is 1. The lowest BCUT2D eigenvalue weighted by Crippen LogP contribution is -1.97. The monoisotopic (exact) mass is 200 g/mol. The summed E-state index contributed by atoms with van der Waals surface area (Å²) in [7, 11) is 0. The smallest absolute Gasteiger partial charge is 0.128 e. The Morgan fingerprint density at radius 2 is 1.93 bits per heavy atom. The van der Waals surface area contributed by atoms with Crippen molar-refractivity contribution in [3.63, 3.8) is 0 Å². The van der Waals surface area contributed by atoms with Gasteiger partial charge in [-0.05, 0) is 26.0 Å². The van der Waals surface area contributed by atoms with Gasteiger partial charge in [0.15, 0.2) is 0 Å². The van der Waals surface area contributed by atoms with E-state index in [0.29, 0.717) is 11.6 Å². The largest absolute Gasteiger partial charge is 0.384 e. The van der Waals surface area contributed by atoms with E-state index in [9.17, 15) is 0 Å². The molecule has 0 fully saturated rings. The van der Waals surface area contributed by atoms with Crippen molar-refractivity contribution in [3.05, 3.63) is 35.9 Å². The molecule has 0 spiro atoms. The van der Waals surface area contributed by atoms with Gasteiger partial charge in [0.05, 0.1) is 5.69 Å². The van der Waals surface area contributed by atoms with Crippen molar-refractivity contribution in [3.8, 4) is 11.3 Å². The van der Waals surface area contributed by atoms with Gasteiger partial charge < -0.3 is 5.73 Å². The molecule has 2 aromatic heterocycles. The second-order valence-corrected chi connectivity index (χ2v) is 3.41. The second kappa shape index (κ2) is 3.65. The topological polar surface area (TPSA) is 64.7 Å². The van der Waals surface area contributed by atoms with Crippen LogP contribution in [0.5, 0.6) is 0 Å². The second-order valence-electron chi connectivity index (χ2n) is 3.41. The van der Waals surface area contributed by atoms with E-state index in [1.807, 2.05) is 26.0 Å². The van der Waals surface area contributed by atoms with Crippen molar-refractivity contribution in [2.24, 2.45) is 0 Å². The van der Waals surface area contributed by atoms with E-state index in [-0.39, 0.29) is 0 Å². The summed E-state index contributed by atoms with van der Waals surface area (Å²) in [6.07, 6.45) is 1.76. The van der Waals surface area contributed by atoms with Crippen LogP contribution >= 0.6 is 0 Å². The van der Waals surface area contributed by atoms with Gasteiger partial charge in [-0.3, -0.25) is 4.98 Å². The lowest BCUT2D eigenvalue weighted by atomic mass is 10.1. The van der Waals surface area contributed by atoms with Crippen LogP contribution in [0.15, 0.2) is 24.4 Å². The number of anilines is 1. The van der Waals surface area contributed by atoms with Crippen LogP contribution in [0.2, 0.25) is 0 Å². The van der Waals surface area contributed by atoms with Crippen molar-refractivity contribution < 1.29 is 0 Å². The van der Waals surface area contributed by atoms with Crippen LogP contribution in [-0.4, -0.2) is 15.0 Å². The predicted octanol–water partition coefficient (Wildman–Crippen LogP) is 1.74. The number of aromatic nitrogens is 3. The van der Waals surface area contributed by atoms with Crippen molar-refractivity contribution in [1.29, 1.82) is 0 Å². The van der Waals surface area contributed by atoms with E-state index < -0.39 is 0 Å². The third-order valence-electron chi connectivity index (χ3n) is 2.05. The number of hydrogen-bond acceptors (Lipinski definition) is 4. The van der Waals surface area contributed by atoms with Crippen molar-refractivity contribution >= 4 is 5.82 Å². The first-order valence-electron chi connectivity index (χ1n) is 4.69. The first-order chi connectivity index (χ1) is 7.15. The molecule has 0 aromatic carbocycles. The Labute approximate surface area is 88.2 Å². The molecule has 0 aliphatic rings. The van der Waals surface area contributed by atoms with Crippen LogP contribution in [0.25, 0.3) is 11.3 Å². The zero-order valence-corrected chi connectivity index (χ0v) is 8.73. The van der Waals surface area contributed by atoms with Gasteiger partial charge in [-0.2, -0.15) is 0 Å². The normalized spacial score (nSPS) is 10.3. The number of nitrogens with zero attached hydrogens (tertiary/aromatic N) is 3. The summed E-state index contributed by atoms with van der Waals surface area (Å²) in [5.41, 5.74) is 8.48. The highest BCUT2D eigenvalue weighted by atomic mass is 14.9. The molecule has 0 unspecified atom stereocenters. The lowest BCUT2D eigenvalue weighted by Gasteiger charge is -2.03. The number of nitrogen functional groups attached to an aromatic ring is 1. The average molecular weight is 200 g/mol. The van der Waals surface area contributed by atoms with Gasteiger partial charge in [0.1, 0.15) is 11.6 Å². The van der Waals surface area contributed by atoms with E-state index >= 15 is 0 Å². The molecule has 0 saturated heterocycles. The molecule has 4 heteroatoms. The van der Waals surface area contributed by atoms with Gasteiger partial charge in [0.2, 0.25) is 0 Å². The number of rotatable bonds is 1. The number of nitrogens with two attached hydrogens (primary N) is 1. The highest BCUT2D eigenvalue weighted by molar-refractivity contribution is 5.61. The summed E-state index contributed by atoms with van der Waals surface area (Å²) < 4.78 is 0. The summed E-state index contributed by atoms with van der Waals surface area (Å²) in [5, 5.41) is 0. The molecule has 15 heavy (non-hydrogen) atoms. The highest BCUT2D eigenvalue weighted by Gasteiger charge is 2.02. The van der Waals surface area contributed by atoms with Gasteiger partial charge in [-0.25, -0.2) is 9.97 Å². The minimum absolute atomic E-state index is 0.493. The first kappa shape index (κ1) is 9.58. The molecule has 0 bridgehead atoms. The molecular weight excluding hydrogens is 188 g/mol. The maximum atomic E-state index is 5.67. The fourth-order valence-electron chi connectivity index (χ4n) is 1.44. The van der Waals surface area contributed by atoms with Gasteiger partial charge in [-0.15, -0.1) is 0 Å². The predicted molar refractivity (Wildman–Crippen MR) is 59.1 cm³/mol. The molecule has 0 saturated carbocycles. The van der Waals surface area contributed by atoms with Crippen LogP contribution in [0, 0.1) is 13.8 Å². The Balaban J connectivity index is 2.54. The molecule has 0 aliphatic carbocycles. The van der Waals surface area contributed by atoms with E-state index in [2.05, 4.69) is 15.0 Å². The third kappa shape index (κ3) is 2.10. The Morgan fingerprint density at radius 3 is 2.60 bits per heavy atom. The number of hydrogen-bond donors (Lipinski definition) is 1. The third-order valence-corrected chi connectivity index (χ3v) is 2.05. The van der Waals surface area contributed by atoms with Crippen molar-refractivity contribution in [2.45, 2.75) is 13.8 Å². The van der Waals surface area contributed by atoms with Crippen molar-refractivity contribution in [1.82, 2.24) is 15.0 Å². The Bertz CT molecular complexity index is 473. The SMILES string of the molecule is Cc1cc(-c2cc(N)nc(C)n2)ccn1. The van der Waals surface area contributed by atoms with E-state index in [4.69, 9.17) is 5.73 Å². The molecule has 2 N–H and O–H groups in total. The maximum Gasteiger partial charge on any atom is 0.128 e. The summed E-state index contributed by atoms with van der Waals surface area (Å²) in [6, 6.07) is 5.65. The molecular formula is C11H12N4. The highest BCUT2D eigenvalue weighted by Crippen LogP contribution is 2.18. The summed E-state index contributed by atoms with van der Waals surface area (Å²) >= 11 is 0. The van der Waals surface area contributed by atoms with Crippen LogP contribution in [-0.2, 0) is 0 Å². The first-order valence-corrected chi connectivity index (χ1v) is 4.69. The number of aryl methyl sites for hydroxylation is 2. The van der Waals surface area contributed by atoms with Gasteiger partial charge in [-0.1, -0.05) is 0 Å². The minimum atomic E-state index is 0.493. The van der Waals surface area contributed by atoms with Crippen LogP contribution in [0.4, 0.5) is 5.82 Å². The van der Waals surface area contributed by atoms with Crippen molar-refractivity contribution in [2.75, 3.05) is 5.73 Å². The summed E-state index contributed by atoms with van der Waals surface area (Å²) in [4.78, 5) is 12.5. The molecule has 2 aromatic rings. The zero-order valence-electron chi connectivity index (χ0n) is 8.73. The Kier molecular flexibility index (Phi) is 2.33. The van der Waals surface area contributed by atoms with Crippen LogP contribution in [0.3, 0.4) is 0 Å². The molecule has 0 atom stereocenters. The molecule has 4 nitrogen and oxygen atoms in total. The quantitative estimate of drug-likeness (QED) is 0.761. The molecule has 0 radical (unpaired) electrons. The molecule has 0 amide bonds. The van der Waals surface area contributed by atoms with E-state index in [1.165, 1.54) is 0 Å². The summed E-state index contributed by atoms with van der Waals surface area (Å²) in [5.74, 6) is 1.17. The van der Waals surface area contributed by atoms with Crippen LogP contribution < -0.4 is 5.73 Å². The molecule has 2 heterocycles. The molecule has 2 rings (SSSR count). The fourth-order valence-corrected chi connectivity index (χ4v) is 1.44. The molecule has 76 valence electrons. The van der Waals surface area contributed by atoms with Gasteiger partial charge in [0, 0.05) is 23.5 Å². The van der Waals surface area contributed by atoms with Gasteiger partial charge >= 0.3 is 0 Å². The minimum Gasteiger partial charge on any atom is -0.384 e. The maximum absolute atomic E-state index is 5.67. The molecule has 0 aliphatic heterocycles. The fraction of sp³-hybridized carbons (Fsp3) is 0.182. The Hall–Kier alpha value is -1.97. The van der Waals surface area contributed by atoms with E-state index in [1.54, 1.807) is 12.3 Å². The average Bonchev–Trinajstić information content (AvgIpc) is 2.16. The van der Waals surface area contributed by atoms with E-state index in [0.717, 1.165) is 17.0 Å². The zero-order chi connectivity index (χ0) is 10.8. The standard InChI is InChI=1S/C11H12N4/c1-7-5-9(3-4-13-7)10-6-11(12)15-8(2)14-10/h3-6H,1-2H3,(H2,12,14,15).